The summed E-state index contributed by atoms with van der Waals surface area (Å²) in [5, 5.41) is 4.92. The molecule has 0 amide bonds. The summed E-state index contributed by atoms with van der Waals surface area (Å²) in [5.41, 5.74) is 2.47. The monoisotopic (exact) mass is 228 g/mol. The number of aromatic nitrogens is 1. The van der Waals surface area contributed by atoms with Crippen LogP contribution in [0.3, 0.4) is 0 Å². The second-order valence-corrected chi connectivity index (χ2v) is 5.60. The topological polar surface area (TPSA) is 27.8 Å². The van der Waals surface area contributed by atoms with Gasteiger partial charge in [0, 0.05) is 28.8 Å². The van der Waals surface area contributed by atoms with Gasteiger partial charge in [0.05, 0.1) is 0 Å². The SMILES string of the molecule is CC(C)C1CC(Nc2ccc3[nH]ccc3c2)C1. The minimum absolute atomic E-state index is 0.679. The van der Waals surface area contributed by atoms with Crippen molar-refractivity contribution in [3.63, 3.8) is 0 Å². The fourth-order valence-electron chi connectivity index (χ4n) is 2.70. The number of aromatic amines is 1. The average molecular weight is 228 g/mol. The largest absolute Gasteiger partial charge is 0.382 e. The molecule has 1 aliphatic rings. The quantitative estimate of drug-likeness (QED) is 0.816. The van der Waals surface area contributed by atoms with Crippen LogP contribution in [0.15, 0.2) is 30.5 Å². The molecule has 90 valence electrons. The van der Waals surface area contributed by atoms with E-state index in [0.29, 0.717) is 6.04 Å². The number of hydrogen-bond donors (Lipinski definition) is 2. The Labute approximate surface area is 102 Å². The van der Waals surface area contributed by atoms with Crippen LogP contribution < -0.4 is 5.32 Å². The number of nitrogens with one attached hydrogen (secondary N) is 2. The highest BCUT2D eigenvalue weighted by molar-refractivity contribution is 5.83. The van der Waals surface area contributed by atoms with E-state index >= 15 is 0 Å². The van der Waals surface area contributed by atoms with Crippen molar-refractivity contribution in [3.05, 3.63) is 30.5 Å². The van der Waals surface area contributed by atoms with Gasteiger partial charge in [-0.1, -0.05) is 13.8 Å². The molecule has 1 aliphatic carbocycles. The van der Waals surface area contributed by atoms with Crippen molar-refractivity contribution < 1.29 is 0 Å². The van der Waals surface area contributed by atoms with E-state index in [1.807, 2.05) is 6.20 Å². The Hall–Kier alpha value is -1.44. The number of H-pyrrole nitrogens is 1. The molecule has 17 heavy (non-hydrogen) atoms. The van der Waals surface area contributed by atoms with Gasteiger partial charge >= 0.3 is 0 Å². The lowest BCUT2D eigenvalue weighted by Crippen LogP contribution is -2.37. The molecule has 1 fully saturated rings. The van der Waals surface area contributed by atoms with E-state index < -0.39 is 0 Å². The van der Waals surface area contributed by atoms with E-state index in [9.17, 15) is 0 Å². The zero-order chi connectivity index (χ0) is 11.8. The summed E-state index contributed by atoms with van der Waals surface area (Å²) in [4.78, 5) is 3.22. The summed E-state index contributed by atoms with van der Waals surface area (Å²) < 4.78 is 0. The van der Waals surface area contributed by atoms with Gasteiger partial charge in [-0.05, 0) is 48.9 Å². The molecule has 3 rings (SSSR count). The summed E-state index contributed by atoms with van der Waals surface area (Å²) in [6.45, 7) is 4.65. The molecule has 1 saturated carbocycles. The Morgan fingerprint density at radius 1 is 1.24 bits per heavy atom. The molecule has 1 heterocycles. The zero-order valence-corrected chi connectivity index (χ0v) is 10.5. The molecule has 0 aliphatic heterocycles. The van der Waals surface area contributed by atoms with Gasteiger partial charge in [-0.3, -0.25) is 0 Å². The number of benzene rings is 1. The van der Waals surface area contributed by atoms with Crippen LogP contribution >= 0.6 is 0 Å². The summed E-state index contributed by atoms with van der Waals surface area (Å²) in [6.07, 6.45) is 4.64. The minimum Gasteiger partial charge on any atom is -0.382 e. The van der Waals surface area contributed by atoms with Gasteiger partial charge in [-0.25, -0.2) is 0 Å². The molecule has 0 unspecified atom stereocenters. The van der Waals surface area contributed by atoms with E-state index in [2.05, 4.69) is 48.4 Å². The maximum absolute atomic E-state index is 3.63. The molecule has 2 heteroatoms. The second-order valence-electron chi connectivity index (χ2n) is 5.60. The van der Waals surface area contributed by atoms with Gasteiger partial charge in [-0.2, -0.15) is 0 Å². The van der Waals surface area contributed by atoms with Crippen molar-refractivity contribution in [2.75, 3.05) is 5.32 Å². The Morgan fingerprint density at radius 2 is 2.06 bits per heavy atom. The predicted molar refractivity (Wildman–Crippen MR) is 73.3 cm³/mol. The normalized spacial score (nSPS) is 23.9. The van der Waals surface area contributed by atoms with Crippen LogP contribution in [-0.4, -0.2) is 11.0 Å². The Morgan fingerprint density at radius 3 is 2.82 bits per heavy atom. The number of fused-ring (bicyclic) bond motifs is 1. The minimum atomic E-state index is 0.679. The first-order valence-corrected chi connectivity index (χ1v) is 6.56. The highest BCUT2D eigenvalue weighted by Crippen LogP contribution is 2.35. The molecule has 0 radical (unpaired) electrons. The van der Waals surface area contributed by atoms with Crippen molar-refractivity contribution >= 4 is 16.6 Å². The fraction of sp³-hybridized carbons (Fsp3) is 0.467. The highest BCUT2D eigenvalue weighted by atomic mass is 14.9. The number of hydrogen-bond acceptors (Lipinski definition) is 1. The third-order valence-electron chi connectivity index (χ3n) is 4.04. The van der Waals surface area contributed by atoms with Crippen molar-refractivity contribution in [3.8, 4) is 0 Å². The van der Waals surface area contributed by atoms with E-state index in [1.165, 1.54) is 29.4 Å². The first-order chi connectivity index (χ1) is 8.22. The van der Waals surface area contributed by atoms with Crippen LogP contribution in [0.2, 0.25) is 0 Å². The van der Waals surface area contributed by atoms with Crippen molar-refractivity contribution in [1.29, 1.82) is 0 Å². The lowest BCUT2D eigenvalue weighted by molar-refractivity contribution is 0.212. The first kappa shape index (κ1) is 10.7. The summed E-state index contributed by atoms with van der Waals surface area (Å²) in [5.74, 6) is 1.75. The van der Waals surface area contributed by atoms with Gasteiger partial charge in [0.15, 0.2) is 0 Å². The van der Waals surface area contributed by atoms with Crippen molar-refractivity contribution in [1.82, 2.24) is 4.98 Å². The third kappa shape index (κ3) is 2.04. The molecule has 2 aromatic rings. The average Bonchev–Trinajstić information content (AvgIpc) is 2.69. The zero-order valence-electron chi connectivity index (χ0n) is 10.5. The lowest BCUT2D eigenvalue weighted by Gasteiger charge is -2.39. The van der Waals surface area contributed by atoms with Crippen LogP contribution in [0.4, 0.5) is 5.69 Å². The summed E-state index contributed by atoms with van der Waals surface area (Å²) >= 11 is 0. The van der Waals surface area contributed by atoms with Gasteiger partial charge in [0.25, 0.3) is 0 Å². The van der Waals surface area contributed by atoms with Crippen LogP contribution in [0.1, 0.15) is 26.7 Å². The second kappa shape index (κ2) is 4.10. The Bertz CT molecular complexity index is 506. The molecule has 2 nitrogen and oxygen atoms in total. The van der Waals surface area contributed by atoms with E-state index in [4.69, 9.17) is 0 Å². The maximum Gasteiger partial charge on any atom is 0.0455 e. The number of anilines is 1. The Balaban J connectivity index is 1.66. The predicted octanol–water partition coefficient (Wildman–Crippen LogP) is 4.01. The van der Waals surface area contributed by atoms with Gasteiger partial charge in [-0.15, -0.1) is 0 Å². The maximum atomic E-state index is 3.63. The number of rotatable bonds is 3. The van der Waals surface area contributed by atoms with Crippen LogP contribution in [0.5, 0.6) is 0 Å². The van der Waals surface area contributed by atoms with Crippen LogP contribution in [0.25, 0.3) is 10.9 Å². The summed E-state index contributed by atoms with van der Waals surface area (Å²) in [7, 11) is 0. The molecular formula is C15H20N2. The van der Waals surface area contributed by atoms with Crippen molar-refractivity contribution in [2.45, 2.75) is 32.7 Å². The summed E-state index contributed by atoms with van der Waals surface area (Å²) in [6, 6.07) is 9.35. The van der Waals surface area contributed by atoms with Crippen molar-refractivity contribution in [2.24, 2.45) is 11.8 Å². The molecule has 0 atom stereocenters. The molecular weight excluding hydrogens is 208 g/mol. The van der Waals surface area contributed by atoms with Crippen LogP contribution in [-0.2, 0) is 0 Å². The molecule has 0 saturated heterocycles. The van der Waals surface area contributed by atoms with Gasteiger partial charge in [0.2, 0.25) is 0 Å². The van der Waals surface area contributed by atoms with Gasteiger partial charge in [0.1, 0.15) is 0 Å². The standard InChI is InChI=1S/C15H20N2/c1-10(2)12-8-14(9-12)17-13-3-4-15-11(7-13)5-6-16-15/h3-7,10,12,14,16-17H,8-9H2,1-2H3. The van der Waals surface area contributed by atoms with Crippen LogP contribution in [0, 0.1) is 11.8 Å². The molecule has 0 spiro atoms. The molecule has 1 aromatic heterocycles. The lowest BCUT2D eigenvalue weighted by atomic mass is 9.73. The molecule has 1 aromatic carbocycles. The highest BCUT2D eigenvalue weighted by Gasteiger charge is 2.30. The fourth-order valence-corrected chi connectivity index (χ4v) is 2.70. The third-order valence-corrected chi connectivity index (χ3v) is 4.04. The van der Waals surface area contributed by atoms with E-state index in [-0.39, 0.29) is 0 Å². The molecule has 0 bridgehead atoms. The van der Waals surface area contributed by atoms with E-state index in [0.717, 1.165) is 11.8 Å². The van der Waals surface area contributed by atoms with Gasteiger partial charge < -0.3 is 10.3 Å². The Kier molecular flexibility index (Phi) is 2.58. The smallest absolute Gasteiger partial charge is 0.0455 e. The first-order valence-electron chi connectivity index (χ1n) is 6.56. The van der Waals surface area contributed by atoms with E-state index in [1.54, 1.807) is 0 Å². The molecule has 2 N–H and O–H groups in total.